The Hall–Kier alpha value is -3.43. The second-order valence-corrected chi connectivity index (χ2v) is 7.86. The summed E-state index contributed by atoms with van der Waals surface area (Å²) in [6.07, 6.45) is 4.85. The number of likely N-dealkylation sites (tertiary alicyclic amines) is 1. The lowest BCUT2D eigenvalue weighted by Crippen LogP contribution is -2.45. The molecule has 1 aliphatic rings. The lowest BCUT2D eigenvalue weighted by Gasteiger charge is -2.32. The number of carboxylic acid groups (broad SMARTS) is 1. The van der Waals surface area contributed by atoms with E-state index in [1.807, 2.05) is 6.07 Å². The van der Waals surface area contributed by atoms with Crippen LogP contribution in [0.1, 0.15) is 32.5 Å². The molecular weight excluding hydrogens is 392 g/mol. The minimum atomic E-state index is -1.55. The molecule has 1 N–H and O–H groups in total. The number of ether oxygens (including phenoxy) is 1. The Labute approximate surface area is 171 Å². The number of aliphatic carboxylic acids is 1. The molecule has 0 aromatic carbocycles. The van der Waals surface area contributed by atoms with E-state index in [1.54, 1.807) is 18.5 Å². The topological polar surface area (TPSA) is 132 Å². The minimum Gasteiger partial charge on any atom is -0.478 e. The van der Waals surface area contributed by atoms with Crippen LogP contribution in [0.15, 0.2) is 33.5 Å². The van der Waals surface area contributed by atoms with E-state index in [4.69, 9.17) is 18.8 Å². The Morgan fingerprint density at radius 1 is 1.33 bits per heavy atom. The van der Waals surface area contributed by atoms with Crippen LogP contribution in [0, 0.1) is 5.92 Å². The quantitative estimate of drug-likeness (QED) is 0.668. The Bertz CT molecular complexity index is 1030. The number of piperidine rings is 1. The highest BCUT2D eigenvalue weighted by Crippen LogP contribution is 2.27. The zero-order chi connectivity index (χ0) is 21.3. The molecule has 0 saturated carbocycles. The number of hydrogen-bond donors (Lipinski definition) is 1. The van der Waals surface area contributed by atoms with Crippen molar-refractivity contribution in [2.24, 2.45) is 5.92 Å². The Balaban J connectivity index is 1.32. The Kier molecular flexibility index (Phi) is 5.15. The lowest BCUT2D eigenvalue weighted by molar-refractivity contribution is -0.156. The predicted octanol–water partition coefficient (Wildman–Crippen LogP) is 3.13. The molecule has 4 rings (SSSR count). The molecule has 10 heteroatoms. The number of carbonyl (C=O) groups is 2. The first-order chi connectivity index (χ1) is 14.3. The van der Waals surface area contributed by atoms with E-state index in [-0.39, 0.29) is 5.92 Å². The minimum absolute atomic E-state index is 0.284. The third-order valence-electron chi connectivity index (χ3n) is 5.20. The van der Waals surface area contributed by atoms with Crippen LogP contribution in [0.4, 0.5) is 4.79 Å². The monoisotopic (exact) mass is 414 g/mol. The molecule has 158 valence electrons. The molecule has 0 aliphatic carbocycles. The van der Waals surface area contributed by atoms with Gasteiger partial charge in [-0.25, -0.2) is 9.59 Å². The third-order valence-corrected chi connectivity index (χ3v) is 5.20. The summed E-state index contributed by atoms with van der Waals surface area (Å²) in [7, 11) is 0. The third kappa shape index (κ3) is 4.12. The van der Waals surface area contributed by atoms with E-state index < -0.39 is 17.7 Å². The molecular formula is C20H22N4O6. The summed E-state index contributed by atoms with van der Waals surface area (Å²) in [6, 6.07) is 3.58. The van der Waals surface area contributed by atoms with Crippen molar-refractivity contribution in [3.05, 3.63) is 30.4 Å². The van der Waals surface area contributed by atoms with Crippen LogP contribution in [0.5, 0.6) is 0 Å². The van der Waals surface area contributed by atoms with Gasteiger partial charge in [0.2, 0.25) is 5.60 Å². The van der Waals surface area contributed by atoms with Crippen LogP contribution in [-0.4, -0.2) is 55.9 Å². The largest absolute Gasteiger partial charge is 0.478 e. The fourth-order valence-electron chi connectivity index (χ4n) is 3.33. The molecule has 1 saturated heterocycles. The van der Waals surface area contributed by atoms with Crippen LogP contribution in [-0.2, 0) is 16.0 Å². The SMILES string of the molecule is CC(C)(OC(=O)N1CCC(Cc2noc(-c3cc4cnccc4o3)n2)CC1)C(=O)O. The Morgan fingerprint density at radius 2 is 2.10 bits per heavy atom. The van der Waals surface area contributed by atoms with Gasteiger partial charge in [0.25, 0.3) is 5.89 Å². The van der Waals surface area contributed by atoms with Crippen molar-refractivity contribution in [3.63, 3.8) is 0 Å². The maximum Gasteiger partial charge on any atom is 0.410 e. The lowest BCUT2D eigenvalue weighted by atomic mass is 9.93. The van der Waals surface area contributed by atoms with Crippen LogP contribution < -0.4 is 0 Å². The van der Waals surface area contributed by atoms with Crippen molar-refractivity contribution in [2.45, 2.75) is 38.7 Å². The molecule has 0 unspecified atom stereocenters. The summed E-state index contributed by atoms with van der Waals surface area (Å²) in [4.78, 5) is 33.3. The molecule has 0 bridgehead atoms. The smallest absolute Gasteiger partial charge is 0.410 e. The molecule has 10 nitrogen and oxygen atoms in total. The molecule has 0 radical (unpaired) electrons. The first-order valence-electron chi connectivity index (χ1n) is 9.69. The number of aromatic nitrogens is 3. The molecule has 4 heterocycles. The van der Waals surface area contributed by atoms with Gasteiger partial charge in [-0.3, -0.25) is 4.98 Å². The summed E-state index contributed by atoms with van der Waals surface area (Å²) in [5, 5.41) is 14.0. The second-order valence-electron chi connectivity index (χ2n) is 7.86. The van der Waals surface area contributed by atoms with Crippen LogP contribution in [0.3, 0.4) is 0 Å². The van der Waals surface area contributed by atoms with Crippen molar-refractivity contribution in [3.8, 4) is 11.7 Å². The molecule has 0 atom stereocenters. The number of carboxylic acids is 1. The van der Waals surface area contributed by atoms with E-state index in [2.05, 4.69) is 15.1 Å². The van der Waals surface area contributed by atoms with Gasteiger partial charge in [0.05, 0.1) is 0 Å². The number of amides is 1. The first kappa shape index (κ1) is 19.9. The van der Waals surface area contributed by atoms with Crippen molar-refractivity contribution in [2.75, 3.05) is 13.1 Å². The molecule has 30 heavy (non-hydrogen) atoms. The number of carbonyl (C=O) groups excluding carboxylic acids is 1. The number of hydrogen-bond acceptors (Lipinski definition) is 8. The zero-order valence-corrected chi connectivity index (χ0v) is 16.7. The summed E-state index contributed by atoms with van der Waals surface area (Å²) in [5.74, 6) is 0.497. The fourth-order valence-corrected chi connectivity index (χ4v) is 3.33. The van der Waals surface area contributed by atoms with Gasteiger partial charge in [-0.2, -0.15) is 4.98 Å². The highest BCUT2D eigenvalue weighted by atomic mass is 16.6. The molecule has 3 aromatic rings. The molecule has 0 spiro atoms. The molecule has 1 amide bonds. The normalized spacial score (nSPS) is 15.5. The van der Waals surface area contributed by atoms with Gasteiger partial charge in [0.1, 0.15) is 5.58 Å². The maximum absolute atomic E-state index is 12.2. The van der Waals surface area contributed by atoms with Gasteiger partial charge in [0.15, 0.2) is 11.6 Å². The molecule has 3 aromatic heterocycles. The van der Waals surface area contributed by atoms with E-state index in [1.165, 1.54) is 18.7 Å². The van der Waals surface area contributed by atoms with Crippen LogP contribution in [0.2, 0.25) is 0 Å². The van der Waals surface area contributed by atoms with E-state index in [0.29, 0.717) is 42.6 Å². The van der Waals surface area contributed by atoms with Crippen molar-refractivity contribution in [1.29, 1.82) is 0 Å². The average Bonchev–Trinajstić information content (AvgIpc) is 3.34. The van der Waals surface area contributed by atoms with Crippen molar-refractivity contribution in [1.82, 2.24) is 20.0 Å². The number of rotatable bonds is 5. The summed E-state index contributed by atoms with van der Waals surface area (Å²) in [5.41, 5.74) is -0.855. The van der Waals surface area contributed by atoms with Gasteiger partial charge < -0.3 is 23.7 Å². The van der Waals surface area contributed by atoms with Gasteiger partial charge in [-0.15, -0.1) is 0 Å². The fraction of sp³-hybridized carbons (Fsp3) is 0.450. The Morgan fingerprint density at radius 3 is 2.80 bits per heavy atom. The van der Waals surface area contributed by atoms with E-state index in [9.17, 15) is 9.59 Å². The first-order valence-corrected chi connectivity index (χ1v) is 9.69. The van der Waals surface area contributed by atoms with Crippen molar-refractivity contribution < 1.29 is 28.4 Å². The van der Waals surface area contributed by atoms with E-state index >= 15 is 0 Å². The maximum atomic E-state index is 12.2. The molecule has 1 aliphatic heterocycles. The summed E-state index contributed by atoms with van der Waals surface area (Å²) < 4.78 is 16.2. The standard InChI is InChI=1S/C20H22N4O6/c1-20(2,18(25)26)29-19(27)24-7-4-12(5-8-24)9-16-22-17(30-23-16)15-10-13-11-21-6-3-14(13)28-15/h3,6,10-12H,4-5,7-9H2,1-2H3,(H,25,26). The highest BCUT2D eigenvalue weighted by molar-refractivity contribution is 5.81. The van der Waals surface area contributed by atoms with Crippen LogP contribution >= 0.6 is 0 Å². The highest BCUT2D eigenvalue weighted by Gasteiger charge is 2.35. The van der Waals surface area contributed by atoms with Crippen molar-refractivity contribution >= 4 is 23.0 Å². The van der Waals surface area contributed by atoms with Crippen LogP contribution in [0.25, 0.3) is 22.6 Å². The second kappa shape index (κ2) is 7.77. The zero-order valence-electron chi connectivity index (χ0n) is 16.7. The summed E-state index contributed by atoms with van der Waals surface area (Å²) >= 11 is 0. The van der Waals surface area contributed by atoms with Gasteiger partial charge >= 0.3 is 12.1 Å². The average molecular weight is 414 g/mol. The number of fused-ring (bicyclic) bond motifs is 1. The van der Waals surface area contributed by atoms with Gasteiger partial charge in [0, 0.05) is 37.3 Å². The summed E-state index contributed by atoms with van der Waals surface area (Å²) in [6.45, 7) is 3.68. The number of pyridine rings is 1. The van der Waals surface area contributed by atoms with Gasteiger partial charge in [-0.1, -0.05) is 5.16 Å². The van der Waals surface area contributed by atoms with Gasteiger partial charge in [-0.05, 0) is 44.7 Å². The van der Waals surface area contributed by atoms with E-state index in [0.717, 1.165) is 18.2 Å². The molecule has 1 fully saturated rings. The number of furan rings is 1. The number of nitrogens with zero attached hydrogens (tertiary/aromatic N) is 4. The predicted molar refractivity (Wildman–Crippen MR) is 103 cm³/mol.